The molecule has 0 unspecified atom stereocenters. The maximum atomic E-state index is 10.7. The van der Waals surface area contributed by atoms with E-state index in [1.807, 2.05) is 24.3 Å². The molecule has 0 saturated heterocycles. The van der Waals surface area contributed by atoms with Gasteiger partial charge in [0.25, 0.3) is 0 Å². The van der Waals surface area contributed by atoms with Gasteiger partial charge < -0.3 is 19.5 Å². The number of aliphatic carboxylic acids is 1. The fourth-order valence-corrected chi connectivity index (χ4v) is 1.85. The lowest BCUT2D eigenvalue weighted by molar-refractivity contribution is -0.137. The van der Waals surface area contributed by atoms with Gasteiger partial charge in [-0.3, -0.25) is 4.79 Å². The van der Waals surface area contributed by atoms with Gasteiger partial charge in [0.1, 0.15) is 12.3 Å². The van der Waals surface area contributed by atoms with Gasteiger partial charge in [0.05, 0.1) is 12.1 Å². The normalized spacial score (nSPS) is 10.7. The van der Waals surface area contributed by atoms with Crippen molar-refractivity contribution in [1.29, 1.82) is 0 Å². The number of hydrogen-bond donors (Lipinski definition) is 2. The lowest BCUT2D eigenvalue weighted by Gasteiger charge is -2.07. The Morgan fingerprint density at radius 1 is 1.33 bits per heavy atom. The van der Waals surface area contributed by atoms with Gasteiger partial charge in [-0.05, 0) is 18.2 Å². The molecule has 1 heterocycles. The van der Waals surface area contributed by atoms with E-state index in [1.165, 1.54) is 0 Å². The highest BCUT2D eigenvalue weighted by molar-refractivity contribution is 5.87. The molecule has 2 aromatic rings. The number of rotatable bonds is 6. The summed E-state index contributed by atoms with van der Waals surface area (Å²) in [6.45, 7) is 0.472. The third kappa shape index (κ3) is 2.62. The molecule has 5 heteroatoms. The lowest BCUT2D eigenvalue weighted by Crippen LogP contribution is -2.07. The van der Waals surface area contributed by atoms with Crippen molar-refractivity contribution in [3.05, 3.63) is 30.5 Å². The second-order valence-corrected chi connectivity index (χ2v) is 3.95. The maximum absolute atomic E-state index is 10.7. The average molecular weight is 249 g/mol. The van der Waals surface area contributed by atoms with Crippen LogP contribution in [0.2, 0.25) is 0 Å². The minimum Gasteiger partial charge on any atom is -0.493 e. The molecule has 0 atom stereocenters. The van der Waals surface area contributed by atoms with E-state index >= 15 is 0 Å². The van der Waals surface area contributed by atoms with Crippen molar-refractivity contribution < 1.29 is 19.7 Å². The third-order valence-electron chi connectivity index (χ3n) is 2.64. The van der Waals surface area contributed by atoms with Crippen LogP contribution in [-0.4, -0.2) is 34.0 Å². The SMILES string of the molecule is O=C(O)Cn1ccc2c(OCCCO)cccc21. The number of aromatic nitrogens is 1. The molecule has 0 aliphatic carbocycles. The van der Waals surface area contributed by atoms with Crippen LogP contribution in [0.25, 0.3) is 10.9 Å². The molecular formula is C13H15NO4. The van der Waals surface area contributed by atoms with E-state index in [0.29, 0.717) is 18.8 Å². The number of nitrogens with zero attached hydrogens (tertiary/aromatic N) is 1. The van der Waals surface area contributed by atoms with Crippen LogP contribution in [0.4, 0.5) is 0 Å². The Labute approximate surface area is 104 Å². The number of ether oxygens (including phenoxy) is 1. The van der Waals surface area contributed by atoms with Crippen molar-refractivity contribution in [2.45, 2.75) is 13.0 Å². The van der Waals surface area contributed by atoms with E-state index in [2.05, 4.69) is 0 Å². The zero-order valence-corrected chi connectivity index (χ0v) is 9.87. The van der Waals surface area contributed by atoms with Gasteiger partial charge in [-0.25, -0.2) is 0 Å². The van der Waals surface area contributed by atoms with Crippen LogP contribution in [0.1, 0.15) is 6.42 Å². The number of aliphatic hydroxyl groups excluding tert-OH is 1. The number of carboxylic acid groups (broad SMARTS) is 1. The molecule has 2 rings (SSSR count). The van der Waals surface area contributed by atoms with Crippen molar-refractivity contribution in [2.24, 2.45) is 0 Å². The molecule has 5 nitrogen and oxygen atoms in total. The van der Waals surface area contributed by atoms with Crippen LogP contribution >= 0.6 is 0 Å². The Morgan fingerprint density at radius 3 is 2.89 bits per heavy atom. The minimum absolute atomic E-state index is 0.0659. The molecular weight excluding hydrogens is 234 g/mol. The molecule has 0 amide bonds. The Hall–Kier alpha value is -2.01. The van der Waals surface area contributed by atoms with Crippen LogP contribution in [0.5, 0.6) is 5.75 Å². The summed E-state index contributed by atoms with van der Waals surface area (Å²) < 4.78 is 7.22. The van der Waals surface area contributed by atoms with E-state index in [9.17, 15) is 4.79 Å². The van der Waals surface area contributed by atoms with Crippen molar-refractivity contribution in [2.75, 3.05) is 13.2 Å². The predicted octanol–water partition coefficient (Wildman–Crippen LogP) is 1.49. The molecule has 1 aromatic carbocycles. The van der Waals surface area contributed by atoms with Crippen LogP contribution < -0.4 is 4.74 Å². The Kier molecular flexibility index (Phi) is 3.84. The van der Waals surface area contributed by atoms with Crippen LogP contribution in [0, 0.1) is 0 Å². The van der Waals surface area contributed by atoms with E-state index in [4.69, 9.17) is 14.9 Å². The molecule has 0 spiro atoms. The van der Waals surface area contributed by atoms with Crippen LogP contribution in [0.15, 0.2) is 30.5 Å². The predicted molar refractivity (Wildman–Crippen MR) is 66.8 cm³/mol. The fourth-order valence-electron chi connectivity index (χ4n) is 1.85. The summed E-state index contributed by atoms with van der Waals surface area (Å²) in [7, 11) is 0. The van der Waals surface area contributed by atoms with Crippen molar-refractivity contribution in [3.8, 4) is 5.75 Å². The molecule has 2 N–H and O–H groups in total. The van der Waals surface area contributed by atoms with Gasteiger partial charge in [-0.1, -0.05) is 6.07 Å². The minimum atomic E-state index is -0.876. The van der Waals surface area contributed by atoms with E-state index in [0.717, 1.165) is 10.9 Å². The summed E-state index contributed by atoms with van der Waals surface area (Å²) in [4.78, 5) is 10.7. The Morgan fingerprint density at radius 2 is 2.17 bits per heavy atom. The van der Waals surface area contributed by atoms with Gasteiger partial charge in [0.15, 0.2) is 0 Å². The van der Waals surface area contributed by atoms with Crippen LogP contribution in [0.3, 0.4) is 0 Å². The van der Waals surface area contributed by atoms with E-state index in [1.54, 1.807) is 10.8 Å². The van der Waals surface area contributed by atoms with Crippen LogP contribution in [-0.2, 0) is 11.3 Å². The third-order valence-corrected chi connectivity index (χ3v) is 2.64. The van der Waals surface area contributed by atoms with E-state index < -0.39 is 5.97 Å². The highest BCUT2D eigenvalue weighted by Crippen LogP contribution is 2.26. The lowest BCUT2D eigenvalue weighted by atomic mass is 10.2. The molecule has 0 saturated carbocycles. The van der Waals surface area contributed by atoms with Gasteiger partial charge in [-0.15, -0.1) is 0 Å². The molecule has 96 valence electrons. The monoisotopic (exact) mass is 249 g/mol. The highest BCUT2D eigenvalue weighted by Gasteiger charge is 2.08. The first-order chi connectivity index (χ1) is 8.72. The van der Waals surface area contributed by atoms with Gasteiger partial charge in [0, 0.05) is 24.6 Å². The van der Waals surface area contributed by atoms with Crippen molar-refractivity contribution in [1.82, 2.24) is 4.57 Å². The first-order valence-corrected chi connectivity index (χ1v) is 5.75. The molecule has 0 radical (unpaired) electrons. The first kappa shape index (κ1) is 12.4. The Bertz CT molecular complexity index is 547. The average Bonchev–Trinajstić information content (AvgIpc) is 2.73. The summed E-state index contributed by atoms with van der Waals surface area (Å²) >= 11 is 0. The summed E-state index contributed by atoms with van der Waals surface area (Å²) in [6.07, 6.45) is 2.31. The first-order valence-electron chi connectivity index (χ1n) is 5.75. The van der Waals surface area contributed by atoms with E-state index in [-0.39, 0.29) is 13.2 Å². The second kappa shape index (κ2) is 5.55. The molecule has 0 aliphatic heterocycles. The molecule has 0 bridgehead atoms. The zero-order chi connectivity index (χ0) is 13.0. The second-order valence-electron chi connectivity index (χ2n) is 3.95. The standard InChI is InChI=1S/C13H15NO4/c15-7-2-8-18-12-4-1-3-11-10(12)5-6-14(11)9-13(16)17/h1,3-6,15H,2,7-9H2,(H,16,17). The maximum Gasteiger partial charge on any atom is 0.323 e. The Balaban J connectivity index is 2.27. The smallest absolute Gasteiger partial charge is 0.323 e. The number of carbonyl (C=O) groups is 1. The molecule has 0 aliphatic rings. The number of carboxylic acids is 1. The summed E-state index contributed by atoms with van der Waals surface area (Å²) in [5, 5.41) is 18.4. The highest BCUT2D eigenvalue weighted by atomic mass is 16.5. The van der Waals surface area contributed by atoms with Gasteiger partial charge in [-0.2, -0.15) is 0 Å². The fraction of sp³-hybridized carbons (Fsp3) is 0.308. The van der Waals surface area contributed by atoms with Gasteiger partial charge >= 0.3 is 5.97 Å². The zero-order valence-electron chi connectivity index (χ0n) is 9.87. The number of hydrogen-bond acceptors (Lipinski definition) is 3. The number of aliphatic hydroxyl groups is 1. The quantitative estimate of drug-likeness (QED) is 0.761. The number of benzene rings is 1. The molecule has 0 fully saturated rings. The largest absolute Gasteiger partial charge is 0.493 e. The van der Waals surface area contributed by atoms with Crippen molar-refractivity contribution in [3.63, 3.8) is 0 Å². The summed E-state index contributed by atoms with van der Waals surface area (Å²) in [5.41, 5.74) is 0.832. The number of fused-ring (bicyclic) bond motifs is 1. The molecule has 1 aromatic heterocycles. The summed E-state index contributed by atoms with van der Waals surface area (Å²) in [6, 6.07) is 7.36. The van der Waals surface area contributed by atoms with Gasteiger partial charge in [0.2, 0.25) is 0 Å². The van der Waals surface area contributed by atoms with Crippen molar-refractivity contribution >= 4 is 16.9 Å². The summed E-state index contributed by atoms with van der Waals surface area (Å²) in [5.74, 6) is -0.163. The topological polar surface area (TPSA) is 71.7 Å². The molecule has 18 heavy (non-hydrogen) atoms.